The molecule has 1 unspecified atom stereocenters. The fraction of sp³-hybridized carbons (Fsp3) is 0.154. The molecule has 2 heterocycles. The van der Waals surface area contributed by atoms with Gasteiger partial charge in [-0.05, 0) is 12.1 Å². The molecule has 0 aliphatic carbocycles. The van der Waals surface area contributed by atoms with Crippen LogP contribution in [0.1, 0.15) is 11.5 Å². The van der Waals surface area contributed by atoms with Crippen LogP contribution < -0.4 is 10.1 Å². The van der Waals surface area contributed by atoms with E-state index in [1.54, 1.807) is 6.07 Å². The summed E-state index contributed by atoms with van der Waals surface area (Å²) in [6, 6.07) is 9.03. The predicted molar refractivity (Wildman–Crippen MR) is 70.3 cm³/mol. The Morgan fingerprint density at radius 1 is 1.37 bits per heavy atom. The van der Waals surface area contributed by atoms with Gasteiger partial charge in [-0.15, -0.1) is 0 Å². The van der Waals surface area contributed by atoms with Gasteiger partial charge in [-0.25, -0.2) is 9.97 Å². The molecule has 3 rings (SSSR count). The summed E-state index contributed by atoms with van der Waals surface area (Å²) in [5.74, 6) is 0.391. The number of fused-ring (bicyclic) bond motifs is 1. The number of benzene rings is 1. The summed E-state index contributed by atoms with van der Waals surface area (Å²) in [5.41, 5.74) is 0.877. The summed E-state index contributed by atoms with van der Waals surface area (Å²) in [7, 11) is 0. The summed E-state index contributed by atoms with van der Waals surface area (Å²) in [5, 5.41) is 2.93. The van der Waals surface area contributed by atoms with Crippen molar-refractivity contribution in [3.63, 3.8) is 0 Å². The van der Waals surface area contributed by atoms with Crippen molar-refractivity contribution in [2.24, 2.45) is 0 Å². The fourth-order valence-corrected chi connectivity index (χ4v) is 2.11. The van der Waals surface area contributed by atoms with Crippen molar-refractivity contribution in [1.82, 2.24) is 9.97 Å². The lowest BCUT2D eigenvalue weighted by Gasteiger charge is -2.08. The SMILES string of the molecule is O=C(Nc1nccc(Cl)n1)C1COc2ccccc21. The molecular weight excluding hydrogens is 266 g/mol. The van der Waals surface area contributed by atoms with Crippen molar-refractivity contribution in [3.05, 3.63) is 47.2 Å². The van der Waals surface area contributed by atoms with Crippen molar-refractivity contribution in [3.8, 4) is 5.75 Å². The lowest BCUT2D eigenvalue weighted by atomic mass is 10.0. The van der Waals surface area contributed by atoms with Gasteiger partial charge in [0.1, 0.15) is 23.4 Å². The Bertz CT molecular complexity index is 633. The Kier molecular flexibility index (Phi) is 3.05. The zero-order valence-electron chi connectivity index (χ0n) is 9.84. The number of hydrogen-bond donors (Lipinski definition) is 1. The molecule has 1 aromatic heterocycles. The van der Waals surface area contributed by atoms with Crippen LogP contribution in [-0.2, 0) is 4.79 Å². The topological polar surface area (TPSA) is 64.1 Å². The zero-order chi connectivity index (χ0) is 13.2. The fourth-order valence-electron chi connectivity index (χ4n) is 1.97. The number of para-hydroxylation sites is 1. The molecule has 1 N–H and O–H groups in total. The molecule has 0 saturated heterocycles. The second-order valence-corrected chi connectivity index (χ2v) is 4.48. The molecular formula is C13H10ClN3O2. The lowest BCUT2D eigenvalue weighted by Crippen LogP contribution is -2.23. The normalized spacial score (nSPS) is 16.6. The monoisotopic (exact) mass is 275 g/mol. The summed E-state index contributed by atoms with van der Waals surface area (Å²) in [4.78, 5) is 20.0. The standard InChI is InChI=1S/C13H10ClN3O2/c14-11-5-6-15-13(16-11)17-12(18)9-7-19-10-4-2-1-3-8(9)10/h1-6,9H,7H2,(H,15,16,17,18). The largest absolute Gasteiger partial charge is 0.492 e. The van der Waals surface area contributed by atoms with E-state index in [0.717, 1.165) is 11.3 Å². The van der Waals surface area contributed by atoms with Gasteiger partial charge in [0.05, 0.1) is 0 Å². The number of rotatable bonds is 2. The first-order chi connectivity index (χ1) is 9.24. The number of anilines is 1. The van der Waals surface area contributed by atoms with Crippen molar-refractivity contribution < 1.29 is 9.53 Å². The van der Waals surface area contributed by atoms with Crippen LogP contribution in [0.3, 0.4) is 0 Å². The number of halogens is 1. The highest BCUT2D eigenvalue weighted by molar-refractivity contribution is 6.29. The molecule has 1 atom stereocenters. The van der Waals surface area contributed by atoms with Crippen molar-refractivity contribution in [2.45, 2.75) is 5.92 Å². The number of aromatic nitrogens is 2. The van der Waals surface area contributed by atoms with Gasteiger partial charge in [0.2, 0.25) is 11.9 Å². The van der Waals surface area contributed by atoms with Crippen molar-refractivity contribution in [2.75, 3.05) is 11.9 Å². The summed E-state index contributed by atoms with van der Waals surface area (Å²) in [6.45, 7) is 0.325. The molecule has 0 bridgehead atoms. The third-order valence-corrected chi connectivity index (χ3v) is 3.08. The molecule has 1 aliphatic heterocycles. The van der Waals surface area contributed by atoms with Gasteiger partial charge in [0.15, 0.2) is 0 Å². The van der Waals surface area contributed by atoms with Gasteiger partial charge in [-0.1, -0.05) is 29.8 Å². The van der Waals surface area contributed by atoms with E-state index >= 15 is 0 Å². The van der Waals surface area contributed by atoms with Gasteiger partial charge in [0, 0.05) is 11.8 Å². The van der Waals surface area contributed by atoms with Gasteiger partial charge in [0.25, 0.3) is 0 Å². The Hall–Kier alpha value is -2.14. The van der Waals surface area contributed by atoms with Gasteiger partial charge in [-0.3, -0.25) is 10.1 Å². The molecule has 5 nitrogen and oxygen atoms in total. The Balaban J connectivity index is 1.79. The van der Waals surface area contributed by atoms with E-state index in [2.05, 4.69) is 15.3 Å². The Morgan fingerprint density at radius 2 is 2.21 bits per heavy atom. The van der Waals surface area contributed by atoms with E-state index in [-0.39, 0.29) is 22.9 Å². The van der Waals surface area contributed by atoms with Crippen molar-refractivity contribution in [1.29, 1.82) is 0 Å². The van der Waals surface area contributed by atoms with Crippen LogP contribution in [0.4, 0.5) is 5.95 Å². The van der Waals surface area contributed by atoms with E-state index in [1.807, 2.05) is 24.3 Å². The molecule has 0 radical (unpaired) electrons. The van der Waals surface area contributed by atoms with Crippen LogP contribution >= 0.6 is 11.6 Å². The minimum absolute atomic E-state index is 0.196. The first kappa shape index (κ1) is 11.9. The molecule has 0 saturated carbocycles. The Morgan fingerprint density at radius 3 is 3.05 bits per heavy atom. The predicted octanol–water partition coefficient (Wildman–Crippen LogP) is 2.24. The van der Waals surface area contributed by atoms with Gasteiger partial charge in [-0.2, -0.15) is 0 Å². The first-order valence-corrected chi connectivity index (χ1v) is 6.13. The van der Waals surface area contributed by atoms with Gasteiger partial charge >= 0.3 is 0 Å². The molecule has 96 valence electrons. The van der Waals surface area contributed by atoms with Crippen LogP contribution in [0.2, 0.25) is 5.15 Å². The van der Waals surface area contributed by atoms with Crippen LogP contribution in [-0.4, -0.2) is 22.5 Å². The molecule has 0 spiro atoms. The Labute approximate surface area is 114 Å². The summed E-state index contributed by atoms with van der Waals surface area (Å²) in [6.07, 6.45) is 1.49. The molecule has 6 heteroatoms. The number of carbonyl (C=O) groups is 1. The number of ether oxygens (including phenoxy) is 1. The zero-order valence-corrected chi connectivity index (χ0v) is 10.6. The lowest BCUT2D eigenvalue weighted by molar-refractivity contribution is -0.117. The number of nitrogens with zero attached hydrogens (tertiary/aromatic N) is 2. The minimum Gasteiger partial charge on any atom is -0.492 e. The maximum Gasteiger partial charge on any atom is 0.237 e. The molecule has 1 aliphatic rings. The number of hydrogen-bond acceptors (Lipinski definition) is 4. The van der Waals surface area contributed by atoms with E-state index in [4.69, 9.17) is 16.3 Å². The third kappa shape index (κ3) is 2.37. The van der Waals surface area contributed by atoms with E-state index in [9.17, 15) is 4.79 Å². The van der Waals surface area contributed by atoms with Crippen LogP contribution in [0, 0.1) is 0 Å². The smallest absolute Gasteiger partial charge is 0.237 e. The number of nitrogens with one attached hydrogen (secondary N) is 1. The van der Waals surface area contributed by atoms with Gasteiger partial charge < -0.3 is 4.74 Å². The van der Waals surface area contributed by atoms with E-state index in [0.29, 0.717) is 6.61 Å². The average Bonchev–Trinajstić information content (AvgIpc) is 2.82. The van der Waals surface area contributed by atoms with Crippen LogP contribution in [0.25, 0.3) is 0 Å². The molecule has 0 fully saturated rings. The molecule has 1 aromatic carbocycles. The molecule has 2 aromatic rings. The van der Waals surface area contributed by atoms with Crippen LogP contribution in [0.15, 0.2) is 36.5 Å². The quantitative estimate of drug-likeness (QED) is 0.854. The number of amides is 1. The highest BCUT2D eigenvalue weighted by Gasteiger charge is 2.30. The second kappa shape index (κ2) is 4.85. The first-order valence-electron chi connectivity index (χ1n) is 5.75. The van der Waals surface area contributed by atoms with E-state index in [1.165, 1.54) is 6.20 Å². The van der Waals surface area contributed by atoms with E-state index < -0.39 is 0 Å². The average molecular weight is 276 g/mol. The maximum atomic E-state index is 12.2. The highest BCUT2D eigenvalue weighted by Crippen LogP contribution is 2.33. The summed E-state index contributed by atoms with van der Waals surface area (Å²) < 4.78 is 5.47. The summed E-state index contributed by atoms with van der Waals surface area (Å²) >= 11 is 5.74. The maximum absolute atomic E-state index is 12.2. The van der Waals surface area contributed by atoms with Crippen molar-refractivity contribution >= 4 is 23.5 Å². The second-order valence-electron chi connectivity index (χ2n) is 4.09. The van der Waals surface area contributed by atoms with Crippen LogP contribution in [0.5, 0.6) is 5.75 Å². The molecule has 1 amide bonds. The highest BCUT2D eigenvalue weighted by atomic mass is 35.5. The number of carbonyl (C=O) groups excluding carboxylic acids is 1. The molecule has 19 heavy (non-hydrogen) atoms. The minimum atomic E-state index is -0.348. The third-order valence-electron chi connectivity index (χ3n) is 2.87.